The first-order chi connectivity index (χ1) is 13.9. The van der Waals surface area contributed by atoms with E-state index in [9.17, 15) is 14.4 Å². The maximum absolute atomic E-state index is 12.3. The van der Waals surface area contributed by atoms with Crippen molar-refractivity contribution < 1.29 is 9.90 Å². The van der Waals surface area contributed by atoms with Crippen molar-refractivity contribution >= 4 is 22.7 Å². The summed E-state index contributed by atoms with van der Waals surface area (Å²) in [5.74, 6) is -0.522. The molecule has 0 bridgehead atoms. The van der Waals surface area contributed by atoms with E-state index in [-0.39, 0.29) is 17.9 Å². The van der Waals surface area contributed by atoms with Gasteiger partial charge in [-0.2, -0.15) is 4.98 Å². The van der Waals surface area contributed by atoms with Gasteiger partial charge in [-0.25, -0.2) is 9.78 Å². The van der Waals surface area contributed by atoms with Gasteiger partial charge < -0.3 is 15.0 Å². The number of H-pyrrole nitrogens is 1. The van der Waals surface area contributed by atoms with Crippen LogP contribution in [0.1, 0.15) is 44.6 Å². The lowest BCUT2D eigenvalue weighted by molar-refractivity contribution is -0.137. The summed E-state index contributed by atoms with van der Waals surface area (Å²) in [6.45, 7) is 5.30. The van der Waals surface area contributed by atoms with Gasteiger partial charge >= 0.3 is 11.7 Å². The number of aromatic amines is 1. The Morgan fingerprint density at radius 1 is 1.17 bits per heavy atom. The summed E-state index contributed by atoms with van der Waals surface area (Å²) in [7, 11) is 0. The fourth-order valence-electron chi connectivity index (χ4n) is 3.45. The van der Waals surface area contributed by atoms with Gasteiger partial charge in [0, 0.05) is 25.2 Å². The molecule has 3 rings (SSSR count). The topological polar surface area (TPSA) is 130 Å². The molecule has 2 aliphatic rings. The van der Waals surface area contributed by atoms with Gasteiger partial charge in [0.15, 0.2) is 11.5 Å². The molecule has 0 fully saturated rings. The third-order valence-corrected chi connectivity index (χ3v) is 4.84. The van der Waals surface area contributed by atoms with Crippen molar-refractivity contribution in [3.05, 3.63) is 38.5 Å². The number of hydrogen-bond donors (Lipinski definition) is 3. The number of aromatic nitrogens is 4. The summed E-state index contributed by atoms with van der Waals surface area (Å²) in [5.41, 5.74) is 2.32. The number of aryl methyl sites for hydroxylation is 2. The first kappa shape index (κ1) is 20.5. The van der Waals surface area contributed by atoms with Gasteiger partial charge in [0.25, 0.3) is 5.56 Å². The number of nitrogens with zero attached hydrogens (tertiary/aromatic N) is 3. The Labute approximate surface area is 167 Å². The summed E-state index contributed by atoms with van der Waals surface area (Å²) < 4.78 is 1.87. The van der Waals surface area contributed by atoms with E-state index < -0.39 is 17.2 Å². The van der Waals surface area contributed by atoms with Crippen LogP contribution in [0.15, 0.2) is 21.7 Å². The number of benzene rings is 1. The Hall–Kier alpha value is -3.23. The van der Waals surface area contributed by atoms with Crippen LogP contribution in [0.2, 0.25) is 0 Å². The fourth-order valence-corrected chi connectivity index (χ4v) is 3.45. The van der Waals surface area contributed by atoms with E-state index >= 15 is 0 Å². The fraction of sp³-hybridized carbons (Fsp3) is 0.450. The van der Waals surface area contributed by atoms with E-state index in [1.807, 2.05) is 30.5 Å². The van der Waals surface area contributed by atoms with Crippen LogP contribution in [0.4, 0.5) is 5.69 Å². The van der Waals surface area contributed by atoms with E-state index in [0.717, 1.165) is 42.6 Å². The molecule has 1 aromatic rings. The van der Waals surface area contributed by atoms with Crippen LogP contribution in [0.3, 0.4) is 0 Å². The molecular weight excluding hydrogens is 374 g/mol. The van der Waals surface area contributed by atoms with Crippen LogP contribution in [-0.4, -0.2) is 37.1 Å². The quantitative estimate of drug-likeness (QED) is 0.372. The molecule has 0 unspecified atom stereocenters. The molecule has 2 heterocycles. The lowest BCUT2D eigenvalue weighted by Crippen LogP contribution is -2.29. The van der Waals surface area contributed by atoms with Crippen molar-refractivity contribution in [1.29, 1.82) is 0 Å². The number of rotatable bonds is 9. The van der Waals surface area contributed by atoms with Crippen molar-refractivity contribution in [2.45, 2.75) is 52.5 Å². The highest BCUT2D eigenvalue weighted by molar-refractivity contribution is 5.84. The zero-order valence-corrected chi connectivity index (χ0v) is 16.6. The van der Waals surface area contributed by atoms with E-state index in [2.05, 4.69) is 20.3 Å². The van der Waals surface area contributed by atoms with Gasteiger partial charge in [0.1, 0.15) is 0 Å². The molecule has 0 atom stereocenters. The second kappa shape index (κ2) is 8.85. The number of aliphatic carboxylic acids is 1. The lowest BCUT2D eigenvalue weighted by atomic mass is 10.1. The molecule has 154 valence electrons. The molecular formula is C20H25N5O4. The smallest absolute Gasteiger partial charge is 0.349 e. The number of carboxylic acid groups (broad SMARTS) is 1. The molecule has 9 nitrogen and oxygen atoms in total. The number of carbonyl (C=O) groups is 1. The number of unbranched alkanes of at least 4 members (excludes halogenated alkanes) is 3. The predicted molar refractivity (Wildman–Crippen MR) is 111 cm³/mol. The summed E-state index contributed by atoms with van der Waals surface area (Å²) in [6, 6.07) is 3.89. The van der Waals surface area contributed by atoms with Gasteiger partial charge in [-0.05, 0) is 44.4 Å². The Balaban J connectivity index is 2.02. The first-order valence-corrected chi connectivity index (χ1v) is 9.81. The van der Waals surface area contributed by atoms with Gasteiger partial charge in [-0.1, -0.05) is 12.8 Å². The highest BCUT2D eigenvalue weighted by Crippen LogP contribution is 2.27. The van der Waals surface area contributed by atoms with Gasteiger partial charge in [-0.15, -0.1) is 0 Å². The van der Waals surface area contributed by atoms with Crippen molar-refractivity contribution in [2.75, 3.05) is 11.9 Å². The van der Waals surface area contributed by atoms with Crippen molar-refractivity contribution in [3.63, 3.8) is 0 Å². The molecule has 2 aliphatic heterocycles. The molecule has 0 aliphatic carbocycles. The summed E-state index contributed by atoms with van der Waals surface area (Å²) in [6.07, 6.45) is 3.20. The van der Waals surface area contributed by atoms with Crippen LogP contribution in [0.5, 0.6) is 0 Å². The van der Waals surface area contributed by atoms with Crippen molar-refractivity contribution in [3.8, 4) is 11.5 Å². The standard InChI is InChI=1S/C20H25N5O4/c1-3-21-13-11-15-14(10-12(13)2)22-17-18(23-20(29)24-19(17)28)25(15)9-7-5-4-6-8-16(26)27/h10-11,21H,3-9H2,1-2H3,(H,26,27)(H,24,28,29). The van der Waals surface area contributed by atoms with Gasteiger partial charge in [0.2, 0.25) is 0 Å². The summed E-state index contributed by atoms with van der Waals surface area (Å²) in [5, 5.41) is 12.1. The maximum atomic E-state index is 12.3. The van der Waals surface area contributed by atoms with Gasteiger partial charge in [0.05, 0.1) is 11.0 Å². The second-order valence-corrected chi connectivity index (χ2v) is 7.05. The molecule has 0 saturated carbocycles. The lowest BCUT2D eigenvalue weighted by Gasteiger charge is -2.18. The third kappa shape index (κ3) is 4.61. The van der Waals surface area contributed by atoms with Gasteiger partial charge in [-0.3, -0.25) is 14.6 Å². The molecule has 1 aromatic carbocycles. The third-order valence-electron chi connectivity index (χ3n) is 4.84. The zero-order valence-electron chi connectivity index (χ0n) is 16.6. The largest absolute Gasteiger partial charge is 0.481 e. The Bertz CT molecular complexity index is 1120. The van der Waals surface area contributed by atoms with Crippen LogP contribution in [0, 0.1) is 6.92 Å². The average molecular weight is 399 g/mol. The highest BCUT2D eigenvalue weighted by Gasteiger charge is 2.19. The number of hydrogen-bond acceptors (Lipinski definition) is 6. The Morgan fingerprint density at radius 2 is 1.93 bits per heavy atom. The molecule has 29 heavy (non-hydrogen) atoms. The van der Waals surface area contributed by atoms with E-state index in [1.165, 1.54) is 0 Å². The maximum Gasteiger partial charge on any atom is 0.349 e. The predicted octanol–water partition coefficient (Wildman–Crippen LogP) is 2.36. The minimum Gasteiger partial charge on any atom is -0.481 e. The monoisotopic (exact) mass is 399 g/mol. The first-order valence-electron chi connectivity index (χ1n) is 9.81. The number of fused-ring (bicyclic) bond motifs is 2. The highest BCUT2D eigenvalue weighted by atomic mass is 16.4. The minimum absolute atomic E-state index is 0.138. The molecule has 0 saturated heterocycles. The SMILES string of the molecule is CCNc1cc2c(cc1C)nc1c(=O)[nH]c(=O)nc-1n2CCCCCCC(=O)O. The molecule has 9 heteroatoms. The molecule has 0 radical (unpaired) electrons. The van der Waals surface area contributed by atoms with E-state index in [1.54, 1.807) is 0 Å². The Kier molecular flexibility index (Phi) is 6.26. The normalized spacial score (nSPS) is 11.2. The minimum atomic E-state index is -0.789. The average Bonchev–Trinajstić information content (AvgIpc) is 2.65. The summed E-state index contributed by atoms with van der Waals surface area (Å²) >= 11 is 0. The summed E-state index contributed by atoms with van der Waals surface area (Å²) in [4.78, 5) is 45.4. The van der Waals surface area contributed by atoms with E-state index in [0.29, 0.717) is 18.5 Å². The molecule has 0 spiro atoms. The molecule has 0 aromatic heterocycles. The van der Waals surface area contributed by atoms with Crippen LogP contribution >= 0.6 is 0 Å². The number of anilines is 1. The van der Waals surface area contributed by atoms with E-state index in [4.69, 9.17) is 5.11 Å². The molecule has 3 N–H and O–H groups in total. The zero-order chi connectivity index (χ0) is 21.0. The Morgan fingerprint density at radius 3 is 2.66 bits per heavy atom. The van der Waals surface area contributed by atoms with Crippen LogP contribution in [-0.2, 0) is 11.3 Å². The van der Waals surface area contributed by atoms with Crippen molar-refractivity contribution in [2.24, 2.45) is 0 Å². The number of carboxylic acids is 1. The van der Waals surface area contributed by atoms with Crippen LogP contribution in [0.25, 0.3) is 22.6 Å². The second-order valence-electron chi connectivity index (χ2n) is 7.05. The van der Waals surface area contributed by atoms with Crippen molar-refractivity contribution in [1.82, 2.24) is 19.5 Å². The molecule has 0 amide bonds. The van der Waals surface area contributed by atoms with Crippen LogP contribution < -0.4 is 16.6 Å². The number of nitrogens with one attached hydrogen (secondary N) is 2.